The van der Waals surface area contributed by atoms with Gasteiger partial charge in [0.05, 0.1) is 12.4 Å². The Balaban J connectivity index is 1.62. The molecule has 2 heterocycles. The molecule has 1 amide bonds. The molecular formula is C25H30N4O2S. The fraction of sp³-hybridized carbons (Fsp3) is 0.400. The summed E-state index contributed by atoms with van der Waals surface area (Å²) in [5.74, 6) is 2.09. The van der Waals surface area contributed by atoms with Crippen LogP contribution in [0.25, 0.3) is 17.1 Å². The number of nitrogens with zero attached hydrogens (tertiary/aromatic N) is 4. The Kier molecular flexibility index (Phi) is 7.15. The van der Waals surface area contributed by atoms with E-state index in [1.165, 1.54) is 18.2 Å². The molecule has 0 radical (unpaired) electrons. The maximum Gasteiger partial charge on any atom is 0.233 e. The van der Waals surface area contributed by atoms with Gasteiger partial charge in [0.15, 0.2) is 11.0 Å². The molecule has 1 aromatic heterocycles. The minimum absolute atomic E-state index is 0.164. The molecule has 1 aliphatic heterocycles. The lowest BCUT2D eigenvalue weighted by Gasteiger charge is -2.39. The Hall–Kier alpha value is -2.80. The molecule has 1 fully saturated rings. The summed E-state index contributed by atoms with van der Waals surface area (Å²) in [5.41, 5.74) is 1.91. The summed E-state index contributed by atoms with van der Waals surface area (Å²) in [7, 11) is 0. The van der Waals surface area contributed by atoms with Gasteiger partial charge in [-0.15, -0.1) is 10.2 Å². The fourth-order valence-corrected chi connectivity index (χ4v) is 5.16. The van der Waals surface area contributed by atoms with Gasteiger partial charge in [0.1, 0.15) is 5.75 Å². The molecule has 0 aliphatic carbocycles. The van der Waals surface area contributed by atoms with E-state index >= 15 is 0 Å². The van der Waals surface area contributed by atoms with Gasteiger partial charge in [0.25, 0.3) is 0 Å². The summed E-state index contributed by atoms with van der Waals surface area (Å²) in [5, 5.41) is 9.64. The van der Waals surface area contributed by atoms with Crippen LogP contribution in [0.4, 0.5) is 0 Å². The highest BCUT2D eigenvalue weighted by atomic mass is 32.2. The number of likely N-dealkylation sites (tertiary alicyclic amines) is 1. The van der Waals surface area contributed by atoms with Crippen LogP contribution in [0, 0.1) is 0 Å². The highest BCUT2D eigenvalue weighted by Crippen LogP contribution is 2.30. The van der Waals surface area contributed by atoms with Gasteiger partial charge in [0, 0.05) is 23.3 Å². The molecule has 32 heavy (non-hydrogen) atoms. The zero-order valence-corrected chi connectivity index (χ0v) is 19.7. The van der Waals surface area contributed by atoms with Crippen molar-refractivity contribution in [3.8, 4) is 22.8 Å². The summed E-state index contributed by atoms with van der Waals surface area (Å²) in [6.07, 6.45) is 3.33. The number of carbonyl (C=O) groups excluding carboxylic acids is 1. The first-order valence-electron chi connectivity index (χ1n) is 11.3. The van der Waals surface area contributed by atoms with Gasteiger partial charge in [-0.3, -0.25) is 9.36 Å². The zero-order chi connectivity index (χ0) is 22.5. The zero-order valence-electron chi connectivity index (χ0n) is 18.9. The number of amides is 1. The number of piperidine rings is 1. The molecule has 0 bridgehead atoms. The van der Waals surface area contributed by atoms with E-state index in [-0.39, 0.29) is 18.0 Å². The quantitative estimate of drug-likeness (QED) is 0.462. The predicted octanol–water partition coefficient (Wildman–Crippen LogP) is 5.21. The normalized spacial score (nSPS) is 18.5. The highest BCUT2D eigenvalue weighted by molar-refractivity contribution is 7.99. The fourth-order valence-electron chi connectivity index (χ4n) is 4.34. The van der Waals surface area contributed by atoms with Gasteiger partial charge in [-0.05, 0) is 64.3 Å². The maximum absolute atomic E-state index is 13.1. The largest absolute Gasteiger partial charge is 0.494 e. The van der Waals surface area contributed by atoms with Crippen molar-refractivity contribution in [1.29, 1.82) is 0 Å². The molecule has 3 aromatic rings. The van der Waals surface area contributed by atoms with Crippen LogP contribution in [-0.2, 0) is 4.79 Å². The second kappa shape index (κ2) is 10.2. The van der Waals surface area contributed by atoms with Gasteiger partial charge in [0.2, 0.25) is 5.91 Å². The van der Waals surface area contributed by atoms with Crippen molar-refractivity contribution in [3.05, 3.63) is 54.6 Å². The van der Waals surface area contributed by atoms with Gasteiger partial charge >= 0.3 is 0 Å². The lowest BCUT2D eigenvalue weighted by Crippen LogP contribution is -2.48. The number of benzene rings is 2. The Bertz CT molecular complexity index is 1030. The summed E-state index contributed by atoms with van der Waals surface area (Å²) in [6, 6.07) is 18.5. The first-order chi connectivity index (χ1) is 15.6. The second-order valence-corrected chi connectivity index (χ2v) is 9.10. The van der Waals surface area contributed by atoms with Crippen molar-refractivity contribution in [2.24, 2.45) is 0 Å². The van der Waals surface area contributed by atoms with E-state index in [0.717, 1.165) is 35.7 Å². The standard InChI is InChI=1S/C25H30N4O2S/c1-4-31-22-15-13-21(14-16-22)29-24(20-11-6-5-7-12-20)26-27-25(29)32-17-23(30)28-18(2)9-8-10-19(28)3/h5-7,11-16,18-19H,4,8-10,17H2,1-3H3/t18-,19+. The predicted molar refractivity (Wildman–Crippen MR) is 128 cm³/mol. The Morgan fingerprint density at radius 3 is 2.38 bits per heavy atom. The number of rotatable bonds is 7. The lowest BCUT2D eigenvalue weighted by atomic mass is 9.98. The van der Waals surface area contributed by atoms with E-state index in [1.807, 2.05) is 71.0 Å². The average molecular weight is 451 g/mol. The molecule has 0 N–H and O–H groups in total. The average Bonchev–Trinajstić information content (AvgIpc) is 3.23. The van der Waals surface area contributed by atoms with Crippen molar-refractivity contribution in [2.45, 2.75) is 57.3 Å². The number of aromatic nitrogens is 3. The monoisotopic (exact) mass is 450 g/mol. The molecule has 1 saturated heterocycles. The molecule has 0 saturated carbocycles. The van der Waals surface area contributed by atoms with Crippen molar-refractivity contribution < 1.29 is 9.53 Å². The van der Waals surface area contributed by atoms with Crippen molar-refractivity contribution in [3.63, 3.8) is 0 Å². The molecule has 0 spiro atoms. The molecule has 1 aliphatic rings. The van der Waals surface area contributed by atoms with Crippen LogP contribution in [0.15, 0.2) is 59.8 Å². The molecule has 2 atom stereocenters. The van der Waals surface area contributed by atoms with E-state index in [4.69, 9.17) is 4.74 Å². The summed E-state index contributed by atoms with van der Waals surface area (Å²) in [4.78, 5) is 15.1. The molecule has 2 aromatic carbocycles. The van der Waals surface area contributed by atoms with E-state index in [0.29, 0.717) is 17.5 Å². The van der Waals surface area contributed by atoms with Crippen LogP contribution >= 0.6 is 11.8 Å². The summed E-state index contributed by atoms with van der Waals surface area (Å²) < 4.78 is 7.61. The van der Waals surface area contributed by atoms with E-state index in [1.54, 1.807) is 0 Å². The third kappa shape index (κ3) is 4.83. The van der Waals surface area contributed by atoms with E-state index < -0.39 is 0 Å². The molecule has 168 valence electrons. The van der Waals surface area contributed by atoms with Crippen LogP contribution in [0.1, 0.15) is 40.0 Å². The molecule has 7 heteroatoms. The number of carbonyl (C=O) groups is 1. The van der Waals surface area contributed by atoms with Crippen molar-refractivity contribution in [1.82, 2.24) is 19.7 Å². The lowest BCUT2D eigenvalue weighted by molar-refractivity contribution is -0.134. The first-order valence-corrected chi connectivity index (χ1v) is 12.2. The topological polar surface area (TPSA) is 60.2 Å². The van der Waals surface area contributed by atoms with Crippen LogP contribution in [0.5, 0.6) is 5.75 Å². The number of hydrogen-bond acceptors (Lipinski definition) is 5. The van der Waals surface area contributed by atoms with E-state index in [2.05, 4.69) is 24.0 Å². The van der Waals surface area contributed by atoms with Crippen molar-refractivity contribution in [2.75, 3.05) is 12.4 Å². The van der Waals surface area contributed by atoms with Crippen LogP contribution in [-0.4, -0.2) is 50.0 Å². The third-order valence-corrected chi connectivity index (χ3v) is 6.79. The minimum atomic E-state index is 0.164. The molecule has 6 nitrogen and oxygen atoms in total. The number of hydrogen-bond donors (Lipinski definition) is 0. The third-order valence-electron chi connectivity index (χ3n) is 5.88. The van der Waals surface area contributed by atoms with Crippen molar-refractivity contribution >= 4 is 17.7 Å². The molecule has 0 unspecified atom stereocenters. The number of ether oxygens (including phenoxy) is 1. The Morgan fingerprint density at radius 2 is 1.72 bits per heavy atom. The molecule has 4 rings (SSSR count). The maximum atomic E-state index is 13.1. The highest BCUT2D eigenvalue weighted by Gasteiger charge is 2.29. The Labute approximate surface area is 194 Å². The van der Waals surface area contributed by atoms with Gasteiger partial charge < -0.3 is 9.64 Å². The minimum Gasteiger partial charge on any atom is -0.494 e. The number of thioether (sulfide) groups is 1. The first kappa shape index (κ1) is 22.4. The smallest absolute Gasteiger partial charge is 0.233 e. The SMILES string of the molecule is CCOc1ccc(-n2c(SCC(=O)N3[C@H](C)CCC[C@@H]3C)nnc2-c2ccccc2)cc1. The molecular weight excluding hydrogens is 420 g/mol. The summed E-state index contributed by atoms with van der Waals surface area (Å²) in [6.45, 7) is 6.89. The van der Waals surface area contributed by atoms with Gasteiger partial charge in [-0.2, -0.15) is 0 Å². The van der Waals surface area contributed by atoms with Gasteiger partial charge in [-0.1, -0.05) is 42.1 Å². The van der Waals surface area contributed by atoms with Gasteiger partial charge in [-0.25, -0.2) is 0 Å². The van der Waals surface area contributed by atoms with Crippen LogP contribution in [0.2, 0.25) is 0 Å². The summed E-state index contributed by atoms with van der Waals surface area (Å²) >= 11 is 1.44. The second-order valence-electron chi connectivity index (χ2n) is 8.15. The Morgan fingerprint density at radius 1 is 1.03 bits per heavy atom. The van der Waals surface area contributed by atoms with Crippen LogP contribution in [0.3, 0.4) is 0 Å². The van der Waals surface area contributed by atoms with E-state index in [9.17, 15) is 4.79 Å². The van der Waals surface area contributed by atoms with Crippen LogP contribution < -0.4 is 4.74 Å².